The highest BCUT2D eigenvalue weighted by Crippen LogP contribution is 2.38. The number of likely N-dealkylation sites (N-methyl/N-ethyl adjacent to an activating group) is 1. The number of rotatable bonds is 6. The lowest BCUT2D eigenvalue weighted by molar-refractivity contribution is -0.117. The van der Waals surface area contributed by atoms with Crippen molar-refractivity contribution in [2.75, 3.05) is 19.5 Å². The van der Waals surface area contributed by atoms with Crippen LogP contribution in [-0.2, 0) is 11.8 Å². The Morgan fingerprint density at radius 1 is 1.00 bits per heavy atom. The third-order valence-electron chi connectivity index (χ3n) is 7.68. The lowest BCUT2D eigenvalue weighted by Gasteiger charge is -2.13. The van der Waals surface area contributed by atoms with E-state index in [9.17, 15) is 9.59 Å². The number of benzene rings is 1. The van der Waals surface area contributed by atoms with Crippen molar-refractivity contribution in [3.63, 3.8) is 0 Å². The number of imidazole rings is 1. The van der Waals surface area contributed by atoms with Gasteiger partial charge in [0, 0.05) is 36.6 Å². The van der Waals surface area contributed by atoms with Crippen LogP contribution in [0.4, 0.5) is 5.82 Å². The number of pyridine rings is 4. The highest BCUT2D eigenvalue weighted by Gasteiger charge is 2.23. The number of ether oxygens (including phenoxy) is 1. The molecule has 10 nitrogen and oxygen atoms in total. The van der Waals surface area contributed by atoms with Gasteiger partial charge in [0.25, 0.3) is 5.56 Å². The number of methoxy groups -OCH3 is 1. The average molecular weight is 598 g/mol. The van der Waals surface area contributed by atoms with Crippen LogP contribution in [-0.4, -0.2) is 50.0 Å². The zero-order chi connectivity index (χ0) is 31.7. The molecule has 0 saturated carbocycles. The summed E-state index contributed by atoms with van der Waals surface area (Å²) in [5.74, 6) is 7.11. The fourth-order valence-corrected chi connectivity index (χ4v) is 5.10. The Balaban J connectivity index is 1.57. The fraction of sp³-hybridized carbons (Fsp3) is 0.171. The monoisotopic (exact) mass is 597 g/mol. The molecule has 0 bridgehead atoms. The topological polar surface area (TPSA) is 115 Å². The summed E-state index contributed by atoms with van der Waals surface area (Å²) < 4.78 is 9.21. The number of hydrogen-bond donors (Lipinski definition) is 2. The molecule has 6 aromatic rings. The van der Waals surface area contributed by atoms with E-state index in [0.717, 1.165) is 38.9 Å². The molecule has 0 aliphatic rings. The van der Waals surface area contributed by atoms with E-state index in [0.29, 0.717) is 28.6 Å². The molecule has 45 heavy (non-hydrogen) atoms. The second kappa shape index (κ2) is 12.1. The van der Waals surface area contributed by atoms with Crippen LogP contribution in [0.2, 0.25) is 0 Å². The van der Waals surface area contributed by atoms with Crippen molar-refractivity contribution in [1.82, 2.24) is 29.2 Å². The minimum Gasteiger partial charge on any atom is -0.481 e. The van der Waals surface area contributed by atoms with E-state index in [1.807, 2.05) is 66.1 Å². The molecule has 2 N–H and O–H groups in total. The number of carbonyl (C=O) groups is 1. The summed E-state index contributed by atoms with van der Waals surface area (Å²) >= 11 is 0. The number of aromatic nitrogens is 5. The molecular weight excluding hydrogens is 566 g/mol. The maximum Gasteiger partial charge on any atom is 0.250 e. The molecule has 0 fully saturated rings. The summed E-state index contributed by atoms with van der Waals surface area (Å²) in [6, 6.07) is 20.0. The molecule has 0 saturated heterocycles. The van der Waals surface area contributed by atoms with E-state index >= 15 is 0 Å². The minimum atomic E-state index is -0.416. The lowest BCUT2D eigenvalue weighted by atomic mass is 10.0. The maximum absolute atomic E-state index is 12.7. The maximum atomic E-state index is 12.7. The number of amides is 1. The third kappa shape index (κ3) is 5.64. The molecule has 0 radical (unpaired) electrons. The van der Waals surface area contributed by atoms with Crippen LogP contribution in [0.3, 0.4) is 0 Å². The highest BCUT2D eigenvalue weighted by atomic mass is 16.5. The molecule has 10 heteroatoms. The van der Waals surface area contributed by atoms with Gasteiger partial charge < -0.3 is 19.9 Å². The number of anilines is 1. The van der Waals surface area contributed by atoms with Crippen LogP contribution in [0.25, 0.3) is 39.1 Å². The van der Waals surface area contributed by atoms with Crippen LogP contribution in [0.1, 0.15) is 23.7 Å². The van der Waals surface area contributed by atoms with E-state index in [1.165, 1.54) is 6.07 Å². The number of nitrogens with one attached hydrogen (secondary N) is 2. The Hall–Kier alpha value is -5.79. The molecule has 0 aliphatic heterocycles. The van der Waals surface area contributed by atoms with Gasteiger partial charge in [-0.05, 0) is 98.4 Å². The van der Waals surface area contributed by atoms with E-state index < -0.39 is 6.04 Å². The summed E-state index contributed by atoms with van der Waals surface area (Å²) in [6.45, 7) is 3.79. The third-order valence-corrected chi connectivity index (χ3v) is 7.68. The van der Waals surface area contributed by atoms with Crippen LogP contribution in [0, 0.1) is 18.8 Å². The van der Waals surface area contributed by atoms with Gasteiger partial charge in [0.05, 0.1) is 29.9 Å². The molecule has 5 aromatic heterocycles. The van der Waals surface area contributed by atoms with Crippen LogP contribution < -0.4 is 20.9 Å². The second-order valence-electron chi connectivity index (χ2n) is 10.6. The van der Waals surface area contributed by atoms with Crippen LogP contribution >= 0.6 is 0 Å². The number of fused-ring (bicyclic) bond motifs is 2. The zero-order valence-corrected chi connectivity index (χ0v) is 25.5. The van der Waals surface area contributed by atoms with Gasteiger partial charge in [-0.2, -0.15) is 0 Å². The van der Waals surface area contributed by atoms with E-state index in [1.54, 1.807) is 51.0 Å². The van der Waals surface area contributed by atoms with Gasteiger partial charge in [0.1, 0.15) is 22.9 Å². The van der Waals surface area contributed by atoms with Crippen molar-refractivity contribution in [2.45, 2.75) is 19.9 Å². The summed E-state index contributed by atoms with van der Waals surface area (Å²) in [5.41, 5.74) is 6.56. The van der Waals surface area contributed by atoms with E-state index in [2.05, 4.69) is 27.5 Å². The van der Waals surface area contributed by atoms with Crippen LogP contribution in [0.5, 0.6) is 5.88 Å². The Bertz CT molecular complexity index is 2220. The highest BCUT2D eigenvalue weighted by molar-refractivity contribution is 5.94. The van der Waals surface area contributed by atoms with E-state index in [-0.39, 0.29) is 11.5 Å². The zero-order valence-electron chi connectivity index (χ0n) is 25.5. The van der Waals surface area contributed by atoms with Crippen molar-refractivity contribution in [3.8, 4) is 40.2 Å². The minimum absolute atomic E-state index is 0.0779. The SMILES string of the molecule is CNC(C)C(=O)Nc1ccc(-c2c(-c3cccnc3OC)nc3cc(C)ccn23)c(C#Cc2ccc3c(ccc(=O)n3C)c2)n1. The number of carbonyl (C=O) groups excluding carboxylic acids is 1. The van der Waals surface area contributed by atoms with Gasteiger partial charge in [-0.25, -0.2) is 15.0 Å². The molecular formula is C35H31N7O3. The van der Waals surface area contributed by atoms with E-state index in [4.69, 9.17) is 14.7 Å². The first-order chi connectivity index (χ1) is 21.8. The average Bonchev–Trinajstić information content (AvgIpc) is 3.43. The van der Waals surface area contributed by atoms with Gasteiger partial charge >= 0.3 is 0 Å². The fourth-order valence-electron chi connectivity index (χ4n) is 5.10. The van der Waals surface area contributed by atoms with Crippen molar-refractivity contribution in [3.05, 3.63) is 106 Å². The first kappa shape index (κ1) is 29.3. The quantitative estimate of drug-likeness (QED) is 0.270. The molecule has 224 valence electrons. The Morgan fingerprint density at radius 3 is 2.64 bits per heavy atom. The first-order valence-corrected chi connectivity index (χ1v) is 14.4. The molecule has 1 amide bonds. The van der Waals surface area contributed by atoms with Crippen molar-refractivity contribution < 1.29 is 9.53 Å². The summed E-state index contributed by atoms with van der Waals surface area (Å²) in [5, 5.41) is 6.72. The molecule has 0 aliphatic carbocycles. The predicted octanol–water partition coefficient (Wildman–Crippen LogP) is 4.57. The standard InChI is InChI=1S/C35H31N7O3/c1-21-16-18-42-30(19-21)40-32(26-7-6-17-37-35(26)45-5)33(42)25-11-14-29(39-34(44)22(2)36-3)38-27(25)12-8-23-9-13-28-24(20-23)10-15-31(43)41(28)4/h6-7,9-11,13-20,22,36H,1-5H3,(H,38,39,44). The van der Waals surface area contributed by atoms with Crippen molar-refractivity contribution >= 4 is 28.3 Å². The van der Waals surface area contributed by atoms with Gasteiger partial charge in [0.2, 0.25) is 11.8 Å². The molecule has 1 aromatic carbocycles. The van der Waals surface area contributed by atoms with Gasteiger partial charge in [-0.15, -0.1) is 0 Å². The Kier molecular flexibility index (Phi) is 7.86. The number of nitrogens with zero attached hydrogens (tertiary/aromatic N) is 5. The second-order valence-corrected chi connectivity index (χ2v) is 10.6. The van der Waals surface area contributed by atoms with Crippen molar-refractivity contribution in [2.24, 2.45) is 7.05 Å². The molecule has 0 spiro atoms. The van der Waals surface area contributed by atoms with Gasteiger partial charge in [-0.3, -0.25) is 14.0 Å². The van der Waals surface area contributed by atoms with Crippen molar-refractivity contribution in [1.29, 1.82) is 0 Å². The molecule has 1 atom stereocenters. The molecule has 1 unspecified atom stereocenters. The number of hydrogen-bond acceptors (Lipinski definition) is 7. The van der Waals surface area contributed by atoms with Crippen LogP contribution in [0.15, 0.2) is 83.9 Å². The largest absolute Gasteiger partial charge is 0.481 e. The summed E-state index contributed by atoms with van der Waals surface area (Å²) in [7, 11) is 5.04. The predicted molar refractivity (Wildman–Crippen MR) is 175 cm³/mol. The van der Waals surface area contributed by atoms with Gasteiger partial charge in [-0.1, -0.05) is 5.92 Å². The molecule has 5 heterocycles. The number of aryl methyl sites for hydroxylation is 2. The lowest BCUT2D eigenvalue weighted by Crippen LogP contribution is -2.35. The van der Waals surface area contributed by atoms with Gasteiger partial charge in [0.15, 0.2) is 0 Å². The Labute approximate surface area is 259 Å². The molecule has 6 rings (SSSR count). The summed E-state index contributed by atoms with van der Waals surface area (Å²) in [6.07, 6.45) is 3.64. The smallest absolute Gasteiger partial charge is 0.250 e. The first-order valence-electron chi connectivity index (χ1n) is 14.4. The Morgan fingerprint density at radius 2 is 1.84 bits per heavy atom. The normalized spacial score (nSPS) is 11.7. The summed E-state index contributed by atoms with van der Waals surface area (Å²) in [4.78, 5) is 39.1.